The minimum absolute atomic E-state index is 0.191. The first-order chi connectivity index (χ1) is 9.92. The van der Waals surface area contributed by atoms with Crippen LogP contribution in [-0.4, -0.2) is 24.7 Å². The number of anilines is 1. The minimum Gasteiger partial charge on any atom is -0.313 e. The molecule has 0 aliphatic rings. The third-order valence-corrected chi connectivity index (χ3v) is 5.73. The van der Waals surface area contributed by atoms with Gasteiger partial charge in [0.05, 0.1) is 11.9 Å². The normalized spacial score (nSPS) is 12.0. The number of aromatic nitrogens is 2. The van der Waals surface area contributed by atoms with Crippen LogP contribution in [0.2, 0.25) is 0 Å². The van der Waals surface area contributed by atoms with Gasteiger partial charge in [-0.2, -0.15) is 5.10 Å². The second kappa shape index (κ2) is 6.59. The van der Waals surface area contributed by atoms with Gasteiger partial charge in [0.15, 0.2) is 0 Å². The average molecular weight is 328 g/mol. The number of rotatable bonds is 7. The number of nitrogens with zero attached hydrogens (tertiary/aromatic N) is 2. The summed E-state index contributed by atoms with van der Waals surface area (Å²) in [6, 6.07) is 1.89. The lowest BCUT2D eigenvalue weighted by Gasteiger charge is -2.04. The molecule has 2 N–H and O–H groups in total. The van der Waals surface area contributed by atoms with Crippen molar-refractivity contribution < 1.29 is 8.42 Å². The van der Waals surface area contributed by atoms with Crippen LogP contribution < -0.4 is 10.0 Å². The van der Waals surface area contributed by atoms with Crippen molar-refractivity contribution in [1.29, 1.82) is 0 Å². The molecule has 8 heteroatoms. The van der Waals surface area contributed by atoms with Gasteiger partial charge in [0, 0.05) is 18.8 Å². The number of thiophene rings is 1. The maximum absolute atomic E-state index is 12.3. The number of sulfonamides is 1. The van der Waals surface area contributed by atoms with Gasteiger partial charge in [0.25, 0.3) is 10.0 Å². The molecule has 6 nitrogen and oxygen atoms in total. The molecule has 0 fully saturated rings. The van der Waals surface area contributed by atoms with Crippen molar-refractivity contribution in [2.24, 2.45) is 0 Å². The second-order valence-electron chi connectivity index (χ2n) is 4.96. The fourth-order valence-electron chi connectivity index (χ4n) is 1.73. The Morgan fingerprint density at radius 3 is 2.81 bits per heavy atom. The van der Waals surface area contributed by atoms with Crippen LogP contribution in [0.1, 0.15) is 32.4 Å². The van der Waals surface area contributed by atoms with Crippen LogP contribution in [0.15, 0.2) is 28.0 Å². The average Bonchev–Trinajstić information content (AvgIpc) is 3.04. The Labute approximate surface area is 129 Å². The summed E-state index contributed by atoms with van der Waals surface area (Å²) in [5.41, 5.74) is 1.45. The zero-order chi connectivity index (χ0) is 15.5. The molecule has 0 unspecified atom stereocenters. The Hall–Kier alpha value is -1.38. The van der Waals surface area contributed by atoms with Gasteiger partial charge in [-0.05, 0) is 37.4 Å². The van der Waals surface area contributed by atoms with Gasteiger partial charge in [0.1, 0.15) is 4.21 Å². The highest BCUT2D eigenvalue weighted by Crippen LogP contribution is 2.23. The third-order valence-electron chi connectivity index (χ3n) is 2.86. The topological polar surface area (TPSA) is 76.0 Å². The van der Waals surface area contributed by atoms with E-state index in [9.17, 15) is 8.42 Å². The van der Waals surface area contributed by atoms with Crippen molar-refractivity contribution in [1.82, 2.24) is 15.1 Å². The molecular weight excluding hydrogens is 308 g/mol. The van der Waals surface area contributed by atoms with Gasteiger partial charge < -0.3 is 5.32 Å². The molecule has 0 saturated heterocycles. The van der Waals surface area contributed by atoms with E-state index in [2.05, 4.69) is 15.1 Å². The van der Waals surface area contributed by atoms with E-state index in [0.29, 0.717) is 16.4 Å². The lowest BCUT2D eigenvalue weighted by Crippen LogP contribution is -2.12. The first-order valence-electron chi connectivity index (χ1n) is 6.77. The molecule has 0 spiro atoms. The second-order valence-corrected chi connectivity index (χ2v) is 7.78. The summed E-state index contributed by atoms with van der Waals surface area (Å²) in [5, 5.41) is 9.15. The first-order valence-corrected chi connectivity index (χ1v) is 9.13. The van der Waals surface area contributed by atoms with Crippen molar-refractivity contribution >= 4 is 27.0 Å². The van der Waals surface area contributed by atoms with Gasteiger partial charge in [-0.1, -0.05) is 6.92 Å². The number of hydrogen-bond acceptors (Lipinski definition) is 5. The largest absolute Gasteiger partial charge is 0.313 e. The zero-order valence-electron chi connectivity index (χ0n) is 12.3. The van der Waals surface area contributed by atoms with Crippen LogP contribution in [0.5, 0.6) is 0 Å². The Balaban J connectivity index is 2.11. The lowest BCUT2D eigenvalue weighted by molar-refractivity contribution is 0.532. The van der Waals surface area contributed by atoms with Gasteiger partial charge in [-0.3, -0.25) is 9.40 Å². The highest BCUT2D eigenvalue weighted by atomic mass is 32.2. The summed E-state index contributed by atoms with van der Waals surface area (Å²) >= 11 is 1.22. The predicted molar refractivity (Wildman–Crippen MR) is 85.1 cm³/mol. The SMILES string of the molecule is CCNCc1csc(S(=O)(=O)Nc2cnn(C(C)C)c2)c1. The highest BCUT2D eigenvalue weighted by Gasteiger charge is 2.18. The number of nitrogens with one attached hydrogen (secondary N) is 2. The first kappa shape index (κ1) is 16.0. The predicted octanol–water partition coefficient (Wildman–Crippen LogP) is 2.44. The molecule has 0 atom stereocenters. The van der Waals surface area contributed by atoms with E-state index < -0.39 is 10.0 Å². The highest BCUT2D eigenvalue weighted by molar-refractivity contribution is 7.94. The maximum Gasteiger partial charge on any atom is 0.271 e. The molecule has 0 radical (unpaired) electrons. The summed E-state index contributed by atoms with van der Waals surface area (Å²) in [4.78, 5) is 0. The molecule has 21 heavy (non-hydrogen) atoms. The summed E-state index contributed by atoms with van der Waals surface area (Å²) in [6.07, 6.45) is 3.21. The molecule has 0 aliphatic carbocycles. The van der Waals surface area contributed by atoms with E-state index in [4.69, 9.17) is 0 Å². The van der Waals surface area contributed by atoms with Crippen LogP contribution in [0, 0.1) is 0 Å². The van der Waals surface area contributed by atoms with Crippen molar-refractivity contribution in [3.8, 4) is 0 Å². The van der Waals surface area contributed by atoms with Crippen molar-refractivity contribution in [2.45, 2.75) is 37.6 Å². The molecule has 2 rings (SSSR count). The standard InChI is InChI=1S/C13H20N4O2S2/c1-4-14-6-11-5-13(20-9-11)21(18,19)16-12-7-15-17(8-12)10(2)3/h5,7-10,14,16H,4,6H2,1-3H3. The quantitative estimate of drug-likeness (QED) is 0.818. The molecule has 2 aromatic heterocycles. The summed E-state index contributed by atoms with van der Waals surface area (Å²) < 4.78 is 29.2. The summed E-state index contributed by atoms with van der Waals surface area (Å²) in [6.45, 7) is 7.51. The maximum atomic E-state index is 12.3. The smallest absolute Gasteiger partial charge is 0.271 e. The van der Waals surface area contributed by atoms with Gasteiger partial charge in [-0.25, -0.2) is 8.42 Å². The molecule has 0 amide bonds. The molecule has 0 saturated carbocycles. The molecule has 0 aromatic carbocycles. The Morgan fingerprint density at radius 2 is 2.19 bits per heavy atom. The van der Waals surface area contributed by atoms with Crippen LogP contribution in [0.25, 0.3) is 0 Å². The van der Waals surface area contributed by atoms with Crippen molar-refractivity contribution in [2.75, 3.05) is 11.3 Å². The van der Waals surface area contributed by atoms with Crippen molar-refractivity contribution in [3.63, 3.8) is 0 Å². The van der Waals surface area contributed by atoms with Crippen LogP contribution >= 0.6 is 11.3 Å². The zero-order valence-corrected chi connectivity index (χ0v) is 14.0. The molecule has 116 valence electrons. The lowest BCUT2D eigenvalue weighted by atomic mass is 10.3. The van der Waals surface area contributed by atoms with E-state index in [1.165, 1.54) is 17.5 Å². The molecule has 2 heterocycles. The van der Waals surface area contributed by atoms with E-state index >= 15 is 0 Å². The van der Waals surface area contributed by atoms with Gasteiger partial charge >= 0.3 is 0 Å². The van der Waals surface area contributed by atoms with Gasteiger partial charge in [-0.15, -0.1) is 11.3 Å². The molecule has 0 aliphatic heterocycles. The van der Waals surface area contributed by atoms with Gasteiger partial charge in [0.2, 0.25) is 0 Å². The van der Waals surface area contributed by atoms with Crippen molar-refractivity contribution in [3.05, 3.63) is 29.4 Å². The van der Waals surface area contributed by atoms with Crippen LogP contribution in [0.3, 0.4) is 0 Å². The Bertz CT molecular complexity index is 689. The van der Waals surface area contributed by atoms with E-state index in [-0.39, 0.29) is 6.04 Å². The Kier molecular flexibility index (Phi) is 5.02. The molecular formula is C13H20N4O2S2. The third kappa shape index (κ3) is 4.05. The minimum atomic E-state index is -3.54. The molecule has 0 bridgehead atoms. The number of hydrogen-bond donors (Lipinski definition) is 2. The molecule has 2 aromatic rings. The summed E-state index contributed by atoms with van der Waals surface area (Å²) in [5.74, 6) is 0. The fraction of sp³-hybridized carbons (Fsp3) is 0.462. The summed E-state index contributed by atoms with van der Waals surface area (Å²) in [7, 11) is -3.54. The van der Waals surface area contributed by atoms with Crippen LogP contribution in [0.4, 0.5) is 5.69 Å². The van der Waals surface area contributed by atoms with E-state index in [0.717, 1.165) is 12.1 Å². The van der Waals surface area contributed by atoms with Crippen LogP contribution in [-0.2, 0) is 16.6 Å². The van der Waals surface area contributed by atoms with E-state index in [1.54, 1.807) is 16.9 Å². The Morgan fingerprint density at radius 1 is 1.43 bits per heavy atom. The van der Waals surface area contributed by atoms with E-state index in [1.807, 2.05) is 26.2 Å². The monoisotopic (exact) mass is 328 g/mol. The fourth-order valence-corrected chi connectivity index (χ4v) is 3.97.